The second-order valence-electron chi connectivity index (χ2n) is 6.02. The van der Waals surface area contributed by atoms with Gasteiger partial charge >= 0.3 is 0 Å². The smallest absolute Gasteiger partial charge is 0.0474 e. The standard InChI is InChI=1S/C16H22ClN/c17-9-12-1-3-13(4-2-12)10-18-11-16-8-14-5-6-15(16)7-14/h1-4,14-16,18H,5-11H2. The number of fused-ring (bicyclic) bond motifs is 2. The molecule has 2 aliphatic rings. The minimum atomic E-state index is 0.610. The lowest BCUT2D eigenvalue weighted by Crippen LogP contribution is -2.26. The molecule has 2 saturated carbocycles. The lowest BCUT2D eigenvalue weighted by atomic mass is 9.89. The Hall–Kier alpha value is -0.530. The van der Waals surface area contributed by atoms with Crippen LogP contribution >= 0.6 is 11.6 Å². The predicted octanol–water partition coefficient (Wildman–Crippen LogP) is 3.95. The van der Waals surface area contributed by atoms with E-state index >= 15 is 0 Å². The number of hydrogen-bond acceptors (Lipinski definition) is 1. The van der Waals surface area contributed by atoms with Crippen molar-refractivity contribution in [1.29, 1.82) is 0 Å². The molecule has 1 N–H and O–H groups in total. The van der Waals surface area contributed by atoms with Crippen LogP contribution in [0.4, 0.5) is 0 Å². The minimum Gasteiger partial charge on any atom is -0.312 e. The van der Waals surface area contributed by atoms with Gasteiger partial charge in [-0.05, 0) is 54.7 Å². The van der Waals surface area contributed by atoms with Gasteiger partial charge in [-0.15, -0.1) is 11.6 Å². The topological polar surface area (TPSA) is 12.0 Å². The summed E-state index contributed by atoms with van der Waals surface area (Å²) < 4.78 is 0. The van der Waals surface area contributed by atoms with Crippen molar-refractivity contribution in [2.24, 2.45) is 17.8 Å². The van der Waals surface area contributed by atoms with E-state index in [1.165, 1.54) is 43.4 Å². The van der Waals surface area contributed by atoms with Gasteiger partial charge in [-0.3, -0.25) is 0 Å². The van der Waals surface area contributed by atoms with E-state index in [0.29, 0.717) is 5.88 Å². The second kappa shape index (κ2) is 5.63. The van der Waals surface area contributed by atoms with E-state index in [1.807, 2.05) is 0 Å². The largest absolute Gasteiger partial charge is 0.312 e. The van der Waals surface area contributed by atoms with Crippen molar-refractivity contribution in [2.75, 3.05) is 6.54 Å². The Bertz CT molecular complexity index is 387. The minimum absolute atomic E-state index is 0.610. The summed E-state index contributed by atoms with van der Waals surface area (Å²) in [6.07, 6.45) is 5.97. The fraction of sp³-hybridized carbons (Fsp3) is 0.625. The zero-order chi connectivity index (χ0) is 12.4. The summed E-state index contributed by atoms with van der Waals surface area (Å²) in [5.74, 6) is 3.65. The Kier molecular flexibility index (Phi) is 3.91. The molecule has 2 bridgehead atoms. The average molecular weight is 264 g/mol. The first kappa shape index (κ1) is 12.5. The predicted molar refractivity (Wildman–Crippen MR) is 76.6 cm³/mol. The monoisotopic (exact) mass is 263 g/mol. The number of hydrogen-bond donors (Lipinski definition) is 1. The van der Waals surface area contributed by atoms with Gasteiger partial charge < -0.3 is 5.32 Å². The zero-order valence-corrected chi connectivity index (χ0v) is 11.6. The van der Waals surface area contributed by atoms with E-state index in [1.54, 1.807) is 0 Å². The van der Waals surface area contributed by atoms with Gasteiger partial charge in [0, 0.05) is 12.4 Å². The number of rotatable bonds is 5. The normalized spacial score (nSPS) is 29.9. The van der Waals surface area contributed by atoms with Gasteiger partial charge in [0.05, 0.1) is 0 Å². The molecule has 2 heteroatoms. The summed E-state index contributed by atoms with van der Waals surface area (Å²) >= 11 is 5.79. The SMILES string of the molecule is ClCc1ccc(CNCC2CC3CCC2C3)cc1. The van der Waals surface area contributed by atoms with Crippen molar-refractivity contribution in [3.8, 4) is 0 Å². The van der Waals surface area contributed by atoms with E-state index in [4.69, 9.17) is 11.6 Å². The van der Waals surface area contributed by atoms with E-state index in [2.05, 4.69) is 29.6 Å². The Morgan fingerprint density at radius 3 is 2.44 bits per heavy atom. The molecule has 0 heterocycles. The molecule has 0 spiro atoms. The van der Waals surface area contributed by atoms with Crippen molar-refractivity contribution in [3.05, 3.63) is 35.4 Å². The van der Waals surface area contributed by atoms with E-state index < -0.39 is 0 Å². The molecule has 2 aliphatic carbocycles. The van der Waals surface area contributed by atoms with Crippen LogP contribution < -0.4 is 5.32 Å². The van der Waals surface area contributed by atoms with Crippen LogP contribution in [0.5, 0.6) is 0 Å². The van der Waals surface area contributed by atoms with E-state index in [0.717, 1.165) is 24.3 Å². The maximum absolute atomic E-state index is 5.79. The fourth-order valence-electron chi connectivity index (χ4n) is 3.77. The average Bonchev–Trinajstić information content (AvgIpc) is 3.02. The third kappa shape index (κ3) is 2.73. The van der Waals surface area contributed by atoms with Crippen LogP contribution in [0.2, 0.25) is 0 Å². The quantitative estimate of drug-likeness (QED) is 0.793. The summed E-state index contributed by atoms with van der Waals surface area (Å²) in [7, 11) is 0. The number of nitrogens with one attached hydrogen (secondary N) is 1. The van der Waals surface area contributed by atoms with Crippen molar-refractivity contribution < 1.29 is 0 Å². The van der Waals surface area contributed by atoms with Crippen LogP contribution in [-0.4, -0.2) is 6.54 Å². The number of halogens is 1. The second-order valence-corrected chi connectivity index (χ2v) is 6.28. The molecule has 0 radical (unpaired) electrons. The molecule has 18 heavy (non-hydrogen) atoms. The van der Waals surface area contributed by atoms with Crippen molar-refractivity contribution in [3.63, 3.8) is 0 Å². The Balaban J connectivity index is 1.44. The summed E-state index contributed by atoms with van der Waals surface area (Å²) in [4.78, 5) is 0. The lowest BCUT2D eigenvalue weighted by molar-refractivity contribution is 0.318. The molecule has 0 amide bonds. The van der Waals surface area contributed by atoms with E-state index in [-0.39, 0.29) is 0 Å². The number of benzene rings is 1. The highest BCUT2D eigenvalue weighted by molar-refractivity contribution is 6.17. The van der Waals surface area contributed by atoms with E-state index in [9.17, 15) is 0 Å². The van der Waals surface area contributed by atoms with Gasteiger partial charge in [0.2, 0.25) is 0 Å². The molecule has 0 aliphatic heterocycles. The lowest BCUT2D eigenvalue weighted by Gasteiger charge is -2.21. The fourth-order valence-corrected chi connectivity index (χ4v) is 3.95. The molecule has 2 fully saturated rings. The van der Waals surface area contributed by atoms with Gasteiger partial charge in [0.15, 0.2) is 0 Å². The Labute approximate surface area is 115 Å². The molecule has 1 aromatic rings. The molecule has 1 aromatic carbocycles. The first-order chi connectivity index (χ1) is 8.85. The first-order valence-electron chi connectivity index (χ1n) is 7.19. The summed E-state index contributed by atoms with van der Waals surface area (Å²) in [5, 5.41) is 3.63. The molecular weight excluding hydrogens is 242 g/mol. The van der Waals surface area contributed by atoms with Gasteiger partial charge in [-0.25, -0.2) is 0 Å². The first-order valence-corrected chi connectivity index (χ1v) is 7.73. The van der Waals surface area contributed by atoms with Gasteiger partial charge in [0.25, 0.3) is 0 Å². The summed E-state index contributed by atoms with van der Waals surface area (Å²) in [6, 6.07) is 8.63. The van der Waals surface area contributed by atoms with Crippen LogP contribution in [0.15, 0.2) is 24.3 Å². The zero-order valence-electron chi connectivity index (χ0n) is 10.9. The van der Waals surface area contributed by atoms with Crippen LogP contribution in [-0.2, 0) is 12.4 Å². The maximum Gasteiger partial charge on any atom is 0.0474 e. The highest BCUT2D eigenvalue weighted by atomic mass is 35.5. The molecule has 1 nitrogen and oxygen atoms in total. The van der Waals surface area contributed by atoms with Gasteiger partial charge in [-0.2, -0.15) is 0 Å². The Morgan fingerprint density at radius 2 is 1.83 bits per heavy atom. The molecule has 0 aromatic heterocycles. The van der Waals surface area contributed by atoms with Crippen LogP contribution in [0.1, 0.15) is 36.8 Å². The molecule has 98 valence electrons. The van der Waals surface area contributed by atoms with Crippen molar-refractivity contribution in [1.82, 2.24) is 5.32 Å². The molecule has 3 atom stereocenters. The van der Waals surface area contributed by atoms with Crippen LogP contribution in [0.3, 0.4) is 0 Å². The van der Waals surface area contributed by atoms with Crippen molar-refractivity contribution >= 4 is 11.6 Å². The molecule has 0 saturated heterocycles. The van der Waals surface area contributed by atoms with Crippen LogP contribution in [0.25, 0.3) is 0 Å². The van der Waals surface area contributed by atoms with Gasteiger partial charge in [0.1, 0.15) is 0 Å². The highest BCUT2D eigenvalue weighted by Gasteiger charge is 2.38. The summed E-state index contributed by atoms with van der Waals surface area (Å²) in [6.45, 7) is 2.20. The van der Waals surface area contributed by atoms with Crippen molar-refractivity contribution in [2.45, 2.75) is 38.1 Å². The highest BCUT2D eigenvalue weighted by Crippen LogP contribution is 2.47. The summed E-state index contributed by atoms with van der Waals surface area (Å²) in [5.41, 5.74) is 2.57. The molecular formula is C16H22ClN. The van der Waals surface area contributed by atoms with Gasteiger partial charge in [-0.1, -0.05) is 30.7 Å². The Morgan fingerprint density at radius 1 is 1.06 bits per heavy atom. The number of alkyl halides is 1. The molecule has 3 unspecified atom stereocenters. The third-order valence-corrected chi connectivity index (χ3v) is 5.11. The van der Waals surface area contributed by atoms with Crippen LogP contribution in [0, 0.1) is 17.8 Å². The maximum atomic E-state index is 5.79. The molecule has 3 rings (SSSR count). The third-order valence-electron chi connectivity index (χ3n) is 4.80.